The van der Waals surface area contributed by atoms with Crippen molar-refractivity contribution in [3.63, 3.8) is 0 Å². The number of amides is 3. The molecule has 1 atom stereocenters. The molecule has 0 aliphatic carbocycles. The smallest absolute Gasteiger partial charge is 0.338 e. The van der Waals surface area contributed by atoms with Gasteiger partial charge in [-0.3, -0.25) is 4.79 Å². The second-order valence-corrected chi connectivity index (χ2v) is 11.9. The van der Waals surface area contributed by atoms with Crippen LogP contribution in [-0.4, -0.2) is 44.4 Å². The van der Waals surface area contributed by atoms with Gasteiger partial charge in [-0.15, -0.1) is 0 Å². The van der Waals surface area contributed by atoms with E-state index in [4.69, 9.17) is 18.9 Å². The summed E-state index contributed by atoms with van der Waals surface area (Å²) in [7, 11) is 1.45. The van der Waals surface area contributed by atoms with Gasteiger partial charge >= 0.3 is 12.0 Å². The van der Waals surface area contributed by atoms with E-state index in [2.05, 4.69) is 59.7 Å². The molecule has 13 heteroatoms. The number of nitrogens with zero attached hydrogens (tertiary/aromatic N) is 1. The minimum Gasteiger partial charge on any atom is -0.493 e. The second-order valence-electron chi connectivity index (χ2n) is 9.87. The fourth-order valence-electron chi connectivity index (χ4n) is 4.39. The predicted molar refractivity (Wildman–Crippen MR) is 180 cm³/mol. The first-order chi connectivity index (χ1) is 21.6. The molecule has 0 saturated heterocycles. The van der Waals surface area contributed by atoms with E-state index in [0.717, 1.165) is 24.9 Å². The van der Waals surface area contributed by atoms with E-state index in [1.54, 1.807) is 32.0 Å². The number of carbonyl (C=O) groups excluding carboxylic acids is 3. The topological polar surface area (TPSA) is 137 Å². The van der Waals surface area contributed by atoms with Gasteiger partial charge < -0.3 is 29.6 Å². The second kappa shape index (κ2) is 15.8. The van der Waals surface area contributed by atoms with Gasteiger partial charge in [0, 0.05) is 5.70 Å². The van der Waals surface area contributed by atoms with Crippen molar-refractivity contribution in [1.82, 2.24) is 16.1 Å². The van der Waals surface area contributed by atoms with Gasteiger partial charge in [0.2, 0.25) is 0 Å². The van der Waals surface area contributed by atoms with E-state index in [1.165, 1.54) is 18.9 Å². The van der Waals surface area contributed by atoms with Crippen molar-refractivity contribution in [3.05, 3.63) is 96.2 Å². The molecule has 0 radical (unpaired) electrons. The lowest BCUT2D eigenvalue weighted by Crippen LogP contribution is -2.45. The molecule has 4 rings (SSSR count). The number of benzene rings is 3. The van der Waals surface area contributed by atoms with Gasteiger partial charge in [-0.1, -0.05) is 35.9 Å². The van der Waals surface area contributed by atoms with Crippen LogP contribution in [0.2, 0.25) is 0 Å². The van der Waals surface area contributed by atoms with E-state index in [0.29, 0.717) is 29.4 Å². The minimum absolute atomic E-state index is 0.186. The Bertz CT molecular complexity index is 1620. The number of urea groups is 1. The molecule has 45 heavy (non-hydrogen) atoms. The number of aryl methyl sites for hydroxylation is 1. The monoisotopic (exact) mass is 790 g/mol. The summed E-state index contributed by atoms with van der Waals surface area (Å²) in [5.41, 5.74) is 6.69. The third-order valence-corrected chi connectivity index (χ3v) is 7.96. The van der Waals surface area contributed by atoms with E-state index in [1.807, 2.05) is 43.3 Å². The highest BCUT2D eigenvalue weighted by molar-refractivity contribution is 14.1. The molecule has 0 spiro atoms. The SMILES string of the molecule is CCOC(=O)C1=C(C)NC(=O)N[C@H]1c1ccc(OCC(=O)N/N=C\c2cc(Br)c(OCc3ccc(C)cc3)c(I)c2)c(OC)c1. The number of hydrogen-bond acceptors (Lipinski definition) is 8. The van der Waals surface area contributed by atoms with Crippen molar-refractivity contribution in [1.29, 1.82) is 0 Å². The summed E-state index contributed by atoms with van der Waals surface area (Å²) in [5, 5.41) is 9.38. The van der Waals surface area contributed by atoms with Crippen LogP contribution in [-0.2, 0) is 20.9 Å². The molecular weight excluding hydrogens is 759 g/mol. The molecule has 0 saturated carbocycles. The number of methoxy groups -OCH3 is 1. The summed E-state index contributed by atoms with van der Waals surface area (Å²) in [6, 6.07) is 15.6. The molecule has 3 amide bonds. The molecule has 1 heterocycles. The summed E-state index contributed by atoms with van der Waals surface area (Å²) in [6.45, 7) is 5.66. The molecular formula is C32H32BrIN4O7. The third kappa shape index (κ3) is 8.97. The van der Waals surface area contributed by atoms with Crippen LogP contribution >= 0.6 is 38.5 Å². The summed E-state index contributed by atoms with van der Waals surface area (Å²) in [6.07, 6.45) is 1.52. The fourth-order valence-corrected chi connectivity index (χ4v) is 6.16. The molecule has 11 nitrogen and oxygen atoms in total. The van der Waals surface area contributed by atoms with Gasteiger partial charge in [-0.2, -0.15) is 5.10 Å². The number of hydrazone groups is 1. The van der Waals surface area contributed by atoms with Gasteiger partial charge in [-0.25, -0.2) is 15.0 Å². The number of ether oxygens (including phenoxy) is 4. The van der Waals surface area contributed by atoms with Crippen LogP contribution in [0, 0.1) is 10.5 Å². The Morgan fingerprint density at radius 2 is 1.82 bits per heavy atom. The Kier molecular flexibility index (Phi) is 11.8. The molecule has 0 aromatic heterocycles. The number of allylic oxidation sites excluding steroid dienone is 1. The first kappa shape index (κ1) is 33.8. The van der Waals surface area contributed by atoms with Crippen molar-refractivity contribution in [2.24, 2.45) is 5.10 Å². The molecule has 3 N–H and O–H groups in total. The Hall–Kier alpha value is -4.11. The highest BCUT2D eigenvalue weighted by atomic mass is 127. The van der Waals surface area contributed by atoms with Crippen LogP contribution in [0.15, 0.2) is 75.4 Å². The normalized spacial score (nSPS) is 14.4. The van der Waals surface area contributed by atoms with E-state index < -0.39 is 23.9 Å². The Balaban J connectivity index is 1.35. The third-order valence-electron chi connectivity index (χ3n) is 6.57. The molecule has 236 valence electrons. The van der Waals surface area contributed by atoms with E-state index in [9.17, 15) is 14.4 Å². The Morgan fingerprint density at radius 1 is 1.07 bits per heavy atom. The molecule has 0 bridgehead atoms. The summed E-state index contributed by atoms with van der Waals surface area (Å²) in [5.74, 6) is 0.281. The van der Waals surface area contributed by atoms with Gasteiger partial charge in [0.15, 0.2) is 18.1 Å². The maximum atomic E-state index is 12.6. The Labute approximate surface area is 283 Å². The summed E-state index contributed by atoms with van der Waals surface area (Å²) in [4.78, 5) is 37.2. The number of halogens is 2. The first-order valence-corrected chi connectivity index (χ1v) is 15.7. The lowest BCUT2D eigenvalue weighted by atomic mass is 9.95. The largest absolute Gasteiger partial charge is 0.493 e. The van der Waals surface area contributed by atoms with Crippen molar-refractivity contribution in [3.8, 4) is 17.2 Å². The maximum Gasteiger partial charge on any atom is 0.338 e. The van der Waals surface area contributed by atoms with Crippen LogP contribution in [0.5, 0.6) is 17.2 Å². The minimum atomic E-state index is -0.768. The number of nitrogens with one attached hydrogen (secondary N) is 3. The molecule has 0 fully saturated rings. The molecule has 3 aromatic rings. The standard InChI is InChI=1S/C32H32BrIN4O7/c1-5-43-31(40)28-19(3)36-32(41)37-29(28)22-10-11-25(26(14-22)42-4)44-17-27(39)38-35-15-21-12-23(33)30(24(34)13-21)45-16-20-8-6-18(2)7-9-20/h6-15,29H,5,16-17H2,1-4H3,(H,38,39)(H2,36,37,41)/b35-15-/t29-/m0/s1. The van der Waals surface area contributed by atoms with Crippen LogP contribution < -0.4 is 30.3 Å². The van der Waals surface area contributed by atoms with Crippen molar-refractivity contribution in [2.75, 3.05) is 20.3 Å². The summed E-state index contributed by atoms with van der Waals surface area (Å²) < 4.78 is 24.0. The zero-order valence-corrected chi connectivity index (χ0v) is 28.8. The van der Waals surface area contributed by atoms with Gasteiger partial charge in [0.05, 0.1) is 39.6 Å². The zero-order chi connectivity index (χ0) is 32.5. The fraction of sp³-hybridized carbons (Fsp3) is 0.250. The number of carbonyl (C=O) groups is 3. The van der Waals surface area contributed by atoms with Crippen molar-refractivity contribution >= 4 is 62.6 Å². The predicted octanol–water partition coefficient (Wildman–Crippen LogP) is 5.67. The van der Waals surface area contributed by atoms with Crippen LogP contribution in [0.25, 0.3) is 0 Å². The quantitative estimate of drug-likeness (QED) is 0.0932. The summed E-state index contributed by atoms with van der Waals surface area (Å²) >= 11 is 5.75. The average molecular weight is 791 g/mol. The number of esters is 1. The van der Waals surface area contributed by atoms with Gasteiger partial charge in [0.25, 0.3) is 5.91 Å². The average Bonchev–Trinajstić information content (AvgIpc) is 3.00. The van der Waals surface area contributed by atoms with Gasteiger partial charge in [0.1, 0.15) is 12.4 Å². The highest BCUT2D eigenvalue weighted by Gasteiger charge is 2.32. The molecule has 1 aliphatic rings. The number of rotatable bonds is 12. The zero-order valence-electron chi connectivity index (χ0n) is 25.0. The van der Waals surface area contributed by atoms with E-state index in [-0.39, 0.29) is 18.8 Å². The van der Waals surface area contributed by atoms with Gasteiger partial charge in [-0.05, 0) is 100 Å². The number of hydrogen-bond donors (Lipinski definition) is 3. The first-order valence-electron chi connectivity index (χ1n) is 13.8. The van der Waals surface area contributed by atoms with Crippen molar-refractivity contribution < 1.29 is 33.3 Å². The molecule has 1 aliphatic heterocycles. The molecule has 3 aromatic carbocycles. The van der Waals surface area contributed by atoms with Crippen molar-refractivity contribution in [2.45, 2.75) is 33.4 Å². The Morgan fingerprint density at radius 3 is 2.51 bits per heavy atom. The van der Waals surface area contributed by atoms with Crippen LogP contribution in [0.3, 0.4) is 0 Å². The lowest BCUT2D eigenvalue weighted by Gasteiger charge is -2.28. The van der Waals surface area contributed by atoms with Crippen LogP contribution in [0.1, 0.15) is 42.1 Å². The van der Waals surface area contributed by atoms with E-state index >= 15 is 0 Å². The van der Waals surface area contributed by atoms with Crippen LogP contribution in [0.4, 0.5) is 4.79 Å². The maximum absolute atomic E-state index is 12.6. The molecule has 0 unspecified atom stereocenters. The lowest BCUT2D eigenvalue weighted by molar-refractivity contribution is -0.139. The highest BCUT2D eigenvalue weighted by Crippen LogP contribution is 2.35.